The van der Waals surface area contributed by atoms with Gasteiger partial charge in [-0.1, -0.05) is 30.3 Å². The topological polar surface area (TPSA) is 61.4 Å². The quantitative estimate of drug-likeness (QED) is 0.838. The maximum Gasteiger partial charge on any atom is 0.251 e. The number of benzene rings is 2. The molecule has 1 heterocycles. The fraction of sp³-hybridized carbons (Fsp3) is 0.429. The lowest BCUT2D eigenvalue weighted by Crippen LogP contribution is -2.43. The van der Waals surface area contributed by atoms with Crippen molar-refractivity contribution in [1.82, 2.24) is 15.5 Å². The van der Waals surface area contributed by atoms with E-state index in [-0.39, 0.29) is 11.8 Å². The molecule has 138 valence electrons. The molecule has 2 aromatic rings. The van der Waals surface area contributed by atoms with Gasteiger partial charge < -0.3 is 15.5 Å². The molecule has 2 N–H and O–H groups in total. The second kappa shape index (κ2) is 8.81. The minimum Gasteiger partial charge on any atom is -0.352 e. The SMILES string of the molecule is CNCC1CCCN(C(=O)CCNC(=O)c2ccc3ccccc3c2)C1. The maximum absolute atomic E-state index is 12.4. The van der Waals surface area contributed by atoms with Gasteiger partial charge >= 0.3 is 0 Å². The van der Waals surface area contributed by atoms with Gasteiger partial charge in [0.15, 0.2) is 0 Å². The van der Waals surface area contributed by atoms with Gasteiger partial charge in [-0.05, 0) is 55.3 Å². The molecule has 5 nitrogen and oxygen atoms in total. The summed E-state index contributed by atoms with van der Waals surface area (Å²) in [6.07, 6.45) is 2.58. The molecule has 1 atom stereocenters. The molecule has 0 spiro atoms. The van der Waals surface area contributed by atoms with Crippen molar-refractivity contribution in [3.63, 3.8) is 0 Å². The first-order valence-electron chi connectivity index (χ1n) is 9.37. The number of nitrogens with zero attached hydrogens (tertiary/aromatic N) is 1. The number of carbonyl (C=O) groups is 2. The van der Waals surface area contributed by atoms with Crippen LogP contribution in [0.5, 0.6) is 0 Å². The van der Waals surface area contributed by atoms with E-state index in [0.29, 0.717) is 24.4 Å². The largest absolute Gasteiger partial charge is 0.352 e. The molecular weight excluding hydrogens is 326 g/mol. The first-order valence-corrected chi connectivity index (χ1v) is 9.37. The van der Waals surface area contributed by atoms with Gasteiger partial charge in [0.2, 0.25) is 5.91 Å². The molecule has 0 saturated carbocycles. The molecule has 1 aliphatic heterocycles. The summed E-state index contributed by atoms with van der Waals surface area (Å²) in [5.74, 6) is 0.532. The van der Waals surface area contributed by atoms with Gasteiger partial charge in [-0.2, -0.15) is 0 Å². The summed E-state index contributed by atoms with van der Waals surface area (Å²) in [5, 5.41) is 8.22. The number of piperidine rings is 1. The van der Waals surface area contributed by atoms with Crippen LogP contribution in [0.3, 0.4) is 0 Å². The molecule has 26 heavy (non-hydrogen) atoms. The van der Waals surface area contributed by atoms with Crippen LogP contribution in [0.25, 0.3) is 10.8 Å². The second-order valence-electron chi connectivity index (χ2n) is 6.97. The highest BCUT2D eigenvalue weighted by atomic mass is 16.2. The Bertz CT molecular complexity index is 773. The van der Waals surface area contributed by atoms with Crippen molar-refractivity contribution in [1.29, 1.82) is 0 Å². The van der Waals surface area contributed by atoms with E-state index in [9.17, 15) is 9.59 Å². The number of carbonyl (C=O) groups excluding carboxylic acids is 2. The van der Waals surface area contributed by atoms with Crippen molar-refractivity contribution in [2.24, 2.45) is 5.92 Å². The van der Waals surface area contributed by atoms with Crippen molar-refractivity contribution in [2.75, 3.05) is 33.2 Å². The third-order valence-electron chi connectivity index (χ3n) is 5.00. The number of rotatable bonds is 6. The number of amides is 2. The molecule has 0 aromatic heterocycles. The monoisotopic (exact) mass is 353 g/mol. The molecule has 3 rings (SSSR count). The van der Waals surface area contributed by atoms with Crippen molar-refractivity contribution >= 4 is 22.6 Å². The van der Waals surface area contributed by atoms with E-state index in [0.717, 1.165) is 36.8 Å². The average molecular weight is 353 g/mol. The number of fused-ring (bicyclic) bond motifs is 1. The molecular formula is C21H27N3O2. The Morgan fingerprint density at radius 1 is 1.15 bits per heavy atom. The number of nitrogens with one attached hydrogen (secondary N) is 2. The van der Waals surface area contributed by atoms with Gasteiger partial charge in [0.05, 0.1) is 0 Å². The fourth-order valence-electron chi connectivity index (χ4n) is 3.62. The van der Waals surface area contributed by atoms with Gasteiger partial charge in [0.25, 0.3) is 5.91 Å². The predicted molar refractivity (Wildman–Crippen MR) is 104 cm³/mol. The Kier molecular flexibility index (Phi) is 6.23. The number of hydrogen-bond acceptors (Lipinski definition) is 3. The van der Waals surface area contributed by atoms with Crippen LogP contribution in [0.15, 0.2) is 42.5 Å². The van der Waals surface area contributed by atoms with Crippen LogP contribution in [0.2, 0.25) is 0 Å². The predicted octanol–water partition coefficient (Wildman–Crippen LogP) is 2.42. The summed E-state index contributed by atoms with van der Waals surface area (Å²) in [6.45, 7) is 2.97. The van der Waals surface area contributed by atoms with E-state index < -0.39 is 0 Å². The van der Waals surface area contributed by atoms with Gasteiger partial charge in [-0.3, -0.25) is 9.59 Å². The molecule has 2 aromatic carbocycles. The van der Waals surface area contributed by atoms with Gasteiger partial charge in [0, 0.05) is 31.6 Å². The summed E-state index contributed by atoms with van der Waals surface area (Å²) < 4.78 is 0. The minimum absolute atomic E-state index is 0.129. The van der Waals surface area contributed by atoms with Crippen molar-refractivity contribution in [3.05, 3.63) is 48.0 Å². The highest BCUT2D eigenvalue weighted by Crippen LogP contribution is 2.17. The lowest BCUT2D eigenvalue weighted by molar-refractivity contribution is -0.132. The van der Waals surface area contributed by atoms with Crippen LogP contribution in [-0.4, -0.2) is 49.9 Å². The molecule has 5 heteroatoms. The summed E-state index contributed by atoms with van der Waals surface area (Å²) in [7, 11) is 1.95. The molecule has 0 aliphatic carbocycles. The van der Waals surface area contributed by atoms with Crippen molar-refractivity contribution in [3.8, 4) is 0 Å². The second-order valence-corrected chi connectivity index (χ2v) is 6.97. The zero-order valence-electron chi connectivity index (χ0n) is 15.3. The maximum atomic E-state index is 12.4. The van der Waals surface area contributed by atoms with E-state index in [2.05, 4.69) is 10.6 Å². The van der Waals surface area contributed by atoms with Crippen LogP contribution in [0.4, 0.5) is 0 Å². The normalized spacial score (nSPS) is 17.3. The van der Waals surface area contributed by atoms with Gasteiger partial charge in [-0.25, -0.2) is 0 Å². The summed E-state index contributed by atoms with van der Waals surface area (Å²) in [6, 6.07) is 13.6. The van der Waals surface area contributed by atoms with Crippen LogP contribution < -0.4 is 10.6 Å². The smallest absolute Gasteiger partial charge is 0.251 e. The highest BCUT2D eigenvalue weighted by molar-refractivity contribution is 5.98. The Morgan fingerprint density at radius 2 is 1.96 bits per heavy atom. The summed E-state index contributed by atoms with van der Waals surface area (Å²) in [5.41, 5.74) is 0.628. The summed E-state index contributed by atoms with van der Waals surface area (Å²) >= 11 is 0. The Balaban J connectivity index is 1.49. The van der Waals surface area contributed by atoms with Crippen molar-refractivity contribution in [2.45, 2.75) is 19.3 Å². The standard InChI is InChI=1S/C21H27N3O2/c1-22-14-16-5-4-12-24(15-16)20(25)10-11-23-21(26)19-9-8-17-6-2-3-7-18(17)13-19/h2-3,6-9,13,16,22H,4-5,10-12,14-15H2,1H3,(H,23,26). The van der Waals surface area contributed by atoms with Gasteiger partial charge in [-0.15, -0.1) is 0 Å². The molecule has 1 saturated heterocycles. The van der Waals surface area contributed by atoms with E-state index in [1.54, 1.807) is 0 Å². The van der Waals surface area contributed by atoms with Gasteiger partial charge in [0.1, 0.15) is 0 Å². The molecule has 1 fully saturated rings. The highest BCUT2D eigenvalue weighted by Gasteiger charge is 2.22. The van der Waals surface area contributed by atoms with Crippen LogP contribution in [0.1, 0.15) is 29.6 Å². The number of hydrogen-bond donors (Lipinski definition) is 2. The molecule has 0 radical (unpaired) electrons. The zero-order valence-corrected chi connectivity index (χ0v) is 15.3. The van der Waals surface area contributed by atoms with E-state index in [1.165, 1.54) is 6.42 Å². The first-order chi connectivity index (χ1) is 12.7. The summed E-state index contributed by atoms with van der Waals surface area (Å²) in [4.78, 5) is 26.7. The Labute approximate surface area is 154 Å². The van der Waals surface area contributed by atoms with Crippen LogP contribution in [-0.2, 0) is 4.79 Å². The molecule has 0 bridgehead atoms. The fourth-order valence-corrected chi connectivity index (χ4v) is 3.62. The lowest BCUT2D eigenvalue weighted by Gasteiger charge is -2.32. The lowest BCUT2D eigenvalue weighted by atomic mass is 9.98. The van der Waals surface area contributed by atoms with Crippen LogP contribution in [0, 0.1) is 5.92 Å². The minimum atomic E-state index is -0.129. The average Bonchev–Trinajstić information content (AvgIpc) is 2.68. The zero-order chi connectivity index (χ0) is 18.4. The molecule has 2 amide bonds. The molecule has 1 aliphatic rings. The third-order valence-corrected chi connectivity index (χ3v) is 5.00. The number of likely N-dealkylation sites (tertiary alicyclic amines) is 1. The van der Waals surface area contributed by atoms with Crippen LogP contribution >= 0.6 is 0 Å². The van der Waals surface area contributed by atoms with E-state index in [1.807, 2.05) is 54.4 Å². The van der Waals surface area contributed by atoms with E-state index in [4.69, 9.17) is 0 Å². The Morgan fingerprint density at radius 3 is 2.77 bits per heavy atom. The first kappa shape index (κ1) is 18.4. The van der Waals surface area contributed by atoms with Crippen molar-refractivity contribution < 1.29 is 9.59 Å². The third kappa shape index (κ3) is 4.61. The Hall–Kier alpha value is -2.40. The van der Waals surface area contributed by atoms with E-state index >= 15 is 0 Å². The molecule has 1 unspecified atom stereocenters.